The average Bonchev–Trinajstić information content (AvgIpc) is 3.14. The van der Waals surface area contributed by atoms with Gasteiger partial charge in [-0.05, 0) is 43.3 Å². The van der Waals surface area contributed by atoms with Gasteiger partial charge in [-0.25, -0.2) is 4.68 Å². The van der Waals surface area contributed by atoms with E-state index in [0.717, 1.165) is 11.8 Å². The molecule has 3 rings (SSSR count). The Labute approximate surface area is 187 Å². The maximum absolute atomic E-state index is 13.1. The van der Waals surface area contributed by atoms with E-state index in [-0.39, 0.29) is 24.6 Å². The van der Waals surface area contributed by atoms with E-state index in [1.165, 1.54) is 28.9 Å². The van der Waals surface area contributed by atoms with Gasteiger partial charge >= 0.3 is 6.61 Å². The number of benzene rings is 2. The number of para-hydroxylation sites is 1. The van der Waals surface area contributed by atoms with Crippen molar-refractivity contribution in [3.8, 4) is 23.2 Å². The Morgan fingerprint density at radius 2 is 1.91 bits per heavy atom. The van der Waals surface area contributed by atoms with Crippen molar-refractivity contribution in [3.05, 3.63) is 54.6 Å². The van der Waals surface area contributed by atoms with E-state index in [1.54, 1.807) is 24.0 Å². The summed E-state index contributed by atoms with van der Waals surface area (Å²) in [6, 6.07) is 17.0. The molecule has 0 radical (unpaired) electrons. The van der Waals surface area contributed by atoms with Crippen LogP contribution in [0.3, 0.4) is 0 Å². The zero-order valence-corrected chi connectivity index (χ0v) is 17.9. The number of hydrogen-bond acceptors (Lipinski definition) is 7. The smallest absolute Gasteiger partial charge is 0.387 e. The van der Waals surface area contributed by atoms with Gasteiger partial charge in [0.15, 0.2) is 5.82 Å². The van der Waals surface area contributed by atoms with Crippen LogP contribution < -0.4 is 15.5 Å². The Hall–Kier alpha value is -3.65. The van der Waals surface area contributed by atoms with Crippen LogP contribution in [-0.4, -0.2) is 39.2 Å². The van der Waals surface area contributed by atoms with Crippen LogP contribution in [0.5, 0.6) is 5.75 Å². The predicted molar refractivity (Wildman–Crippen MR) is 117 cm³/mol. The third kappa shape index (κ3) is 5.53. The summed E-state index contributed by atoms with van der Waals surface area (Å²) >= 11 is 1.13. The van der Waals surface area contributed by atoms with E-state index in [1.807, 2.05) is 18.2 Å². The van der Waals surface area contributed by atoms with Crippen LogP contribution in [0.15, 0.2) is 59.8 Å². The molecular weight excluding hydrogens is 438 g/mol. The number of anilines is 1. The predicted octanol–water partition coefficient (Wildman–Crippen LogP) is 3.69. The van der Waals surface area contributed by atoms with Gasteiger partial charge in [-0.15, -0.1) is 10.2 Å². The number of hydrogen-bond donors (Lipinski definition) is 1. The van der Waals surface area contributed by atoms with Crippen LogP contribution in [0.2, 0.25) is 0 Å². The first-order valence-electron chi connectivity index (χ1n) is 9.56. The molecule has 8 nitrogen and oxygen atoms in total. The fourth-order valence-electron chi connectivity index (χ4n) is 2.90. The van der Waals surface area contributed by atoms with Crippen LogP contribution >= 0.6 is 11.8 Å². The zero-order chi connectivity index (χ0) is 23.1. The number of nitrogens with zero attached hydrogens (tertiary/aromatic N) is 5. The van der Waals surface area contributed by atoms with Gasteiger partial charge in [0.25, 0.3) is 0 Å². The van der Waals surface area contributed by atoms with Crippen molar-refractivity contribution in [2.75, 3.05) is 17.3 Å². The highest BCUT2D eigenvalue weighted by molar-refractivity contribution is 8.00. The second-order valence-corrected chi connectivity index (χ2v) is 7.88. The van der Waals surface area contributed by atoms with E-state index >= 15 is 0 Å². The van der Waals surface area contributed by atoms with Crippen molar-refractivity contribution < 1.29 is 18.3 Å². The summed E-state index contributed by atoms with van der Waals surface area (Å²) in [6.07, 6.45) is 0.195. The minimum Gasteiger partial charge on any atom is -0.435 e. The Kier molecular flexibility index (Phi) is 7.62. The third-order valence-electron chi connectivity index (χ3n) is 4.41. The molecule has 0 aliphatic carbocycles. The Morgan fingerprint density at radius 1 is 1.22 bits per heavy atom. The highest BCUT2D eigenvalue weighted by Crippen LogP contribution is 2.28. The Balaban J connectivity index is 1.75. The molecule has 166 valence electrons. The molecule has 1 amide bonds. The van der Waals surface area contributed by atoms with Gasteiger partial charge in [0, 0.05) is 17.8 Å². The molecule has 0 saturated carbocycles. The molecular formula is C21H20F2N6O2S. The quantitative estimate of drug-likeness (QED) is 0.385. The number of carbonyl (C=O) groups is 1. The van der Waals surface area contributed by atoms with Gasteiger partial charge in [-0.2, -0.15) is 14.0 Å². The van der Waals surface area contributed by atoms with Crippen LogP contribution in [-0.2, 0) is 4.79 Å². The van der Waals surface area contributed by atoms with Gasteiger partial charge in [0.1, 0.15) is 5.75 Å². The Morgan fingerprint density at radius 3 is 2.53 bits per heavy atom. The Bertz CT molecular complexity index is 1090. The summed E-state index contributed by atoms with van der Waals surface area (Å²) < 4.78 is 30.2. The van der Waals surface area contributed by atoms with E-state index in [9.17, 15) is 13.6 Å². The minimum absolute atomic E-state index is 0.0130. The molecule has 3 aromatic rings. The molecule has 0 aliphatic heterocycles. The van der Waals surface area contributed by atoms with E-state index in [4.69, 9.17) is 11.1 Å². The summed E-state index contributed by atoms with van der Waals surface area (Å²) in [6.45, 7) is -0.928. The number of amides is 1. The minimum atomic E-state index is -2.91. The molecule has 1 aromatic heterocycles. The molecule has 1 unspecified atom stereocenters. The lowest BCUT2D eigenvalue weighted by Gasteiger charge is -2.24. The first-order chi connectivity index (χ1) is 15.4. The molecule has 1 heterocycles. The van der Waals surface area contributed by atoms with Gasteiger partial charge in [-0.1, -0.05) is 30.0 Å². The first-order valence-corrected chi connectivity index (χ1v) is 10.4. The molecule has 32 heavy (non-hydrogen) atoms. The van der Waals surface area contributed by atoms with Gasteiger partial charge in [0.05, 0.1) is 17.7 Å². The number of thioether (sulfide) groups is 1. The molecule has 1 atom stereocenters. The SMILES string of the molecule is CC(Sc1nnc(-c2ccc(OC(F)F)cc2)n1N)C(=O)N(CCC#N)c1ccccc1. The second kappa shape index (κ2) is 10.6. The number of nitrogens with two attached hydrogens (primary N) is 1. The van der Waals surface area contributed by atoms with Crippen LogP contribution in [0.1, 0.15) is 13.3 Å². The first kappa shape index (κ1) is 23.0. The standard InChI is InChI=1S/C21H20F2N6O2S/c1-14(19(30)28(13-5-12-24)16-6-3-2-4-7-16)32-21-27-26-18(29(21)25)15-8-10-17(11-9-15)31-20(22)23/h2-4,6-11,14,20H,5,13,25H2,1H3. The summed E-state index contributed by atoms with van der Waals surface area (Å²) in [5.74, 6) is 6.24. The molecule has 2 aromatic carbocycles. The average molecular weight is 458 g/mol. The van der Waals surface area contributed by atoms with Crippen molar-refractivity contribution in [1.82, 2.24) is 14.9 Å². The molecule has 11 heteroatoms. The van der Waals surface area contributed by atoms with Crippen LogP contribution in [0, 0.1) is 11.3 Å². The molecule has 0 saturated heterocycles. The number of ether oxygens (including phenoxy) is 1. The topological polar surface area (TPSA) is 110 Å². The van der Waals surface area contributed by atoms with Crippen molar-refractivity contribution in [2.24, 2.45) is 0 Å². The normalized spacial score (nSPS) is 11.7. The van der Waals surface area contributed by atoms with Crippen LogP contribution in [0.4, 0.5) is 14.5 Å². The largest absolute Gasteiger partial charge is 0.435 e. The van der Waals surface area contributed by atoms with Crippen molar-refractivity contribution in [3.63, 3.8) is 0 Å². The number of aromatic nitrogens is 3. The van der Waals surface area contributed by atoms with E-state index in [0.29, 0.717) is 22.2 Å². The number of carbonyl (C=O) groups excluding carboxylic acids is 1. The van der Waals surface area contributed by atoms with Gasteiger partial charge in [0.2, 0.25) is 11.1 Å². The van der Waals surface area contributed by atoms with Crippen LogP contribution in [0.25, 0.3) is 11.4 Å². The summed E-state index contributed by atoms with van der Waals surface area (Å²) in [7, 11) is 0. The lowest BCUT2D eigenvalue weighted by atomic mass is 10.2. The number of rotatable bonds is 9. The maximum Gasteiger partial charge on any atom is 0.387 e. The van der Waals surface area contributed by atoms with Gasteiger partial charge < -0.3 is 15.5 Å². The maximum atomic E-state index is 13.1. The summed E-state index contributed by atoms with van der Waals surface area (Å²) in [5.41, 5.74) is 1.24. The number of nitrogen functional groups attached to an aromatic ring is 1. The molecule has 0 aliphatic rings. The zero-order valence-electron chi connectivity index (χ0n) is 17.1. The fourth-order valence-corrected chi connectivity index (χ4v) is 3.74. The molecule has 0 spiro atoms. The lowest BCUT2D eigenvalue weighted by molar-refractivity contribution is -0.117. The third-order valence-corrected chi connectivity index (χ3v) is 5.46. The summed E-state index contributed by atoms with van der Waals surface area (Å²) in [4.78, 5) is 14.6. The number of halogens is 2. The van der Waals surface area contributed by atoms with Gasteiger partial charge in [-0.3, -0.25) is 4.79 Å². The fraction of sp³-hybridized carbons (Fsp3) is 0.238. The van der Waals surface area contributed by atoms with Crippen molar-refractivity contribution >= 4 is 23.4 Å². The molecule has 2 N–H and O–H groups in total. The number of alkyl halides is 2. The summed E-state index contributed by atoms with van der Waals surface area (Å²) in [5, 5.41) is 16.8. The molecule has 0 bridgehead atoms. The molecule has 0 fully saturated rings. The highest BCUT2D eigenvalue weighted by Gasteiger charge is 2.25. The monoisotopic (exact) mass is 458 g/mol. The van der Waals surface area contributed by atoms with Crippen molar-refractivity contribution in [2.45, 2.75) is 30.4 Å². The second-order valence-electron chi connectivity index (χ2n) is 6.57. The number of nitriles is 1. The van der Waals surface area contributed by atoms with E-state index in [2.05, 4.69) is 21.0 Å². The highest BCUT2D eigenvalue weighted by atomic mass is 32.2. The van der Waals surface area contributed by atoms with E-state index < -0.39 is 11.9 Å². The van der Waals surface area contributed by atoms with Crippen molar-refractivity contribution in [1.29, 1.82) is 5.26 Å². The lowest BCUT2D eigenvalue weighted by Crippen LogP contribution is -2.37.